The van der Waals surface area contributed by atoms with E-state index in [0.29, 0.717) is 19.6 Å². The maximum absolute atomic E-state index is 12.8. The van der Waals surface area contributed by atoms with Gasteiger partial charge in [-0.05, 0) is 37.0 Å². The van der Waals surface area contributed by atoms with E-state index in [2.05, 4.69) is 4.90 Å². The second-order valence-corrected chi connectivity index (χ2v) is 8.51. The quantitative estimate of drug-likeness (QED) is 0.826. The van der Waals surface area contributed by atoms with E-state index >= 15 is 0 Å². The molecule has 146 valence electrons. The van der Waals surface area contributed by atoms with E-state index in [1.165, 1.54) is 0 Å². The molecule has 0 radical (unpaired) electrons. The molecule has 4 rings (SSSR count). The number of carbonyl (C=O) groups is 2. The molecule has 2 atom stereocenters. The summed E-state index contributed by atoms with van der Waals surface area (Å²) in [6.07, 6.45) is 4.97. The number of aliphatic carboxylic acids is 1. The lowest BCUT2D eigenvalue weighted by molar-refractivity contribution is -0.149. The van der Waals surface area contributed by atoms with Crippen LogP contribution in [0.2, 0.25) is 0 Å². The number of amides is 1. The first-order chi connectivity index (χ1) is 13.0. The van der Waals surface area contributed by atoms with Crippen LogP contribution in [0.15, 0.2) is 24.3 Å². The Morgan fingerprint density at radius 1 is 1.07 bits per heavy atom. The predicted molar refractivity (Wildman–Crippen MR) is 100 cm³/mol. The Labute approximate surface area is 159 Å². The van der Waals surface area contributed by atoms with Crippen LogP contribution < -0.4 is 0 Å². The first kappa shape index (κ1) is 18.3. The maximum Gasteiger partial charge on any atom is 0.313 e. The van der Waals surface area contributed by atoms with E-state index in [4.69, 9.17) is 0 Å². The van der Waals surface area contributed by atoms with Gasteiger partial charge in [-0.3, -0.25) is 9.59 Å². The van der Waals surface area contributed by atoms with E-state index in [0.717, 1.165) is 50.8 Å². The number of hydrogen-bond acceptors (Lipinski definition) is 4. The zero-order valence-electron chi connectivity index (χ0n) is 15.6. The number of carboxylic acid groups (broad SMARTS) is 1. The fourth-order valence-corrected chi connectivity index (χ4v) is 5.19. The van der Waals surface area contributed by atoms with Crippen LogP contribution in [0, 0.1) is 17.3 Å². The monoisotopic (exact) mass is 372 g/mol. The van der Waals surface area contributed by atoms with Crippen molar-refractivity contribution in [2.75, 3.05) is 32.7 Å². The first-order valence-corrected chi connectivity index (χ1v) is 10.0. The highest BCUT2D eigenvalue weighted by Crippen LogP contribution is 2.44. The number of likely N-dealkylation sites (tertiary alicyclic amines) is 2. The highest BCUT2D eigenvalue weighted by molar-refractivity contribution is 5.83. The Morgan fingerprint density at radius 3 is 2.41 bits per heavy atom. The molecule has 2 heterocycles. The summed E-state index contributed by atoms with van der Waals surface area (Å²) in [5.41, 5.74) is 0.315. The molecule has 0 spiro atoms. The lowest BCUT2D eigenvalue weighted by Crippen LogP contribution is -2.43. The molecule has 1 aliphatic carbocycles. The van der Waals surface area contributed by atoms with Crippen molar-refractivity contribution in [3.63, 3.8) is 0 Å². The van der Waals surface area contributed by atoms with E-state index < -0.39 is 11.4 Å². The average molecular weight is 372 g/mol. The summed E-state index contributed by atoms with van der Waals surface area (Å²) in [6, 6.07) is 7.17. The molecular weight excluding hydrogens is 344 g/mol. The fraction of sp³-hybridized carbons (Fsp3) is 0.619. The summed E-state index contributed by atoms with van der Waals surface area (Å²) in [6.45, 7) is 2.99. The number of benzene rings is 1. The summed E-state index contributed by atoms with van der Waals surface area (Å²) in [5.74, 6) is -0.203. The van der Waals surface area contributed by atoms with Gasteiger partial charge in [0, 0.05) is 44.6 Å². The minimum atomic E-state index is -0.816. The first-order valence-electron chi connectivity index (χ1n) is 10.0. The van der Waals surface area contributed by atoms with Gasteiger partial charge in [-0.1, -0.05) is 25.0 Å². The summed E-state index contributed by atoms with van der Waals surface area (Å²) < 4.78 is 0. The van der Waals surface area contributed by atoms with E-state index in [9.17, 15) is 19.8 Å². The SMILES string of the molecule is O=C(C1CCCC1)N1C[C@@H]2CN(CCc3ccc(O)cc3)C[C@]2(C(=O)O)C1. The Balaban J connectivity index is 1.39. The third-order valence-electron chi connectivity index (χ3n) is 6.77. The van der Waals surface area contributed by atoms with Crippen LogP contribution in [0.1, 0.15) is 31.2 Å². The van der Waals surface area contributed by atoms with Gasteiger partial charge in [0.05, 0.1) is 0 Å². The zero-order valence-corrected chi connectivity index (χ0v) is 15.6. The van der Waals surface area contributed by atoms with Crippen LogP contribution in [0.3, 0.4) is 0 Å². The van der Waals surface area contributed by atoms with Crippen LogP contribution in [-0.2, 0) is 16.0 Å². The van der Waals surface area contributed by atoms with Crippen LogP contribution in [0.25, 0.3) is 0 Å². The number of hydrogen-bond donors (Lipinski definition) is 2. The van der Waals surface area contributed by atoms with Gasteiger partial charge in [0.1, 0.15) is 11.2 Å². The topological polar surface area (TPSA) is 81.1 Å². The number of carbonyl (C=O) groups excluding carboxylic acids is 1. The van der Waals surface area contributed by atoms with Crippen LogP contribution in [0.5, 0.6) is 5.75 Å². The van der Waals surface area contributed by atoms with Crippen molar-refractivity contribution in [2.45, 2.75) is 32.1 Å². The molecule has 1 saturated carbocycles. The third-order valence-corrected chi connectivity index (χ3v) is 6.77. The largest absolute Gasteiger partial charge is 0.508 e. The molecule has 2 N–H and O–H groups in total. The molecule has 6 heteroatoms. The van der Waals surface area contributed by atoms with E-state index in [1.54, 1.807) is 12.1 Å². The number of fused-ring (bicyclic) bond motifs is 1. The molecule has 0 aromatic heterocycles. The standard InChI is InChI=1S/C21H28N2O4/c24-18-7-5-15(6-8-18)9-10-22-11-17-12-23(14-21(17,13-22)20(26)27)19(25)16-3-1-2-4-16/h5-8,16-17,24H,1-4,9-14H2,(H,26,27)/t17-,21-/m0/s1. The van der Waals surface area contributed by atoms with Crippen molar-refractivity contribution < 1.29 is 19.8 Å². The van der Waals surface area contributed by atoms with Crippen molar-refractivity contribution in [1.29, 1.82) is 0 Å². The Kier molecular flexibility index (Phi) is 4.84. The Bertz CT molecular complexity index is 713. The van der Waals surface area contributed by atoms with Crippen LogP contribution in [-0.4, -0.2) is 64.6 Å². The highest BCUT2D eigenvalue weighted by Gasteiger charge is 2.58. The molecular formula is C21H28N2O4. The number of nitrogens with zero attached hydrogens (tertiary/aromatic N) is 2. The van der Waals surface area contributed by atoms with Gasteiger partial charge in [0.15, 0.2) is 0 Å². The van der Waals surface area contributed by atoms with Gasteiger partial charge >= 0.3 is 5.97 Å². The van der Waals surface area contributed by atoms with Gasteiger partial charge < -0.3 is 20.0 Å². The molecule has 6 nitrogen and oxygen atoms in total. The summed E-state index contributed by atoms with van der Waals surface area (Å²) >= 11 is 0. The smallest absolute Gasteiger partial charge is 0.313 e. The Hall–Kier alpha value is -2.08. The maximum atomic E-state index is 12.8. The molecule has 0 bridgehead atoms. The van der Waals surface area contributed by atoms with Gasteiger partial charge in [0.2, 0.25) is 5.91 Å². The number of phenolic OH excluding ortho intramolecular Hbond substituents is 1. The molecule has 1 aromatic carbocycles. The van der Waals surface area contributed by atoms with E-state index in [1.807, 2.05) is 17.0 Å². The van der Waals surface area contributed by atoms with Gasteiger partial charge in [-0.25, -0.2) is 0 Å². The number of aromatic hydroxyl groups is 1. The molecule has 2 saturated heterocycles. The molecule has 0 unspecified atom stereocenters. The summed E-state index contributed by atoms with van der Waals surface area (Å²) in [5, 5.41) is 19.4. The van der Waals surface area contributed by atoms with Gasteiger partial charge in [-0.15, -0.1) is 0 Å². The molecule has 27 heavy (non-hydrogen) atoms. The van der Waals surface area contributed by atoms with Crippen molar-refractivity contribution in [3.05, 3.63) is 29.8 Å². The second kappa shape index (κ2) is 7.15. The van der Waals surface area contributed by atoms with Crippen molar-refractivity contribution in [3.8, 4) is 5.75 Å². The molecule has 1 amide bonds. The minimum absolute atomic E-state index is 0.0140. The van der Waals surface area contributed by atoms with Gasteiger partial charge in [-0.2, -0.15) is 0 Å². The molecule has 3 aliphatic rings. The number of rotatable bonds is 5. The van der Waals surface area contributed by atoms with Crippen molar-refractivity contribution in [1.82, 2.24) is 9.80 Å². The predicted octanol–water partition coefficient (Wildman–Crippen LogP) is 1.97. The summed E-state index contributed by atoms with van der Waals surface area (Å²) in [4.78, 5) is 29.0. The third kappa shape index (κ3) is 3.43. The lowest BCUT2D eigenvalue weighted by atomic mass is 9.81. The number of phenols is 1. The Morgan fingerprint density at radius 2 is 1.78 bits per heavy atom. The van der Waals surface area contributed by atoms with Crippen molar-refractivity contribution >= 4 is 11.9 Å². The van der Waals surface area contributed by atoms with Crippen LogP contribution in [0.4, 0.5) is 0 Å². The van der Waals surface area contributed by atoms with Crippen molar-refractivity contribution in [2.24, 2.45) is 17.3 Å². The molecule has 1 aromatic rings. The van der Waals surface area contributed by atoms with Crippen LogP contribution >= 0.6 is 0 Å². The minimum Gasteiger partial charge on any atom is -0.508 e. The van der Waals surface area contributed by atoms with Gasteiger partial charge in [0.25, 0.3) is 0 Å². The zero-order chi connectivity index (χ0) is 19.0. The average Bonchev–Trinajstić information content (AvgIpc) is 3.35. The number of carboxylic acids is 1. The van der Waals surface area contributed by atoms with E-state index in [-0.39, 0.29) is 23.5 Å². The highest BCUT2D eigenvalue weighted by atomic mass is 16.4. The lowest BCUT2D eigenvalue weighted by Gasteiger charge is -2.27. The molecule has 3 fully saturated rings. The second-order valence-electron chi connectivity index (χ2n) is 8.51. The normalized spacial score (nSPS) is 28.6. The fourth-order valence-electron chi connectivity index (χ4n) is 5.19. The molecule has 2 aliphatic heterocycles. The summed E-state index contributed by atoms with van der Waals surface area (Å²) in [7, 11) is 0.